The highest BCUT2D eigenvalue weighted by Gasteiger charge is 2.20. The van der Waals surface area contributed by atoms with Crippen LogP contribution in [0.2, 0.25) is 0 Å². The Hall–Kier alpha value is -1.59. The smallest absolute Gasteiger partial charge is 0.181 e. The highest BCUT2D eigenvalue weighted by atomic mass is 16.3. The quantitative estimate of drug-likeness (QED) is 0.897. The lowest BCUT2D eigenvalue weighted by Crippen LogP contribution is -2.53. The van der Waals surface area contributed by atoms with E-state index in [2.05, 4.69) is 46.3 Å². The van der Waals surface area contributed by atoms with Crippen molar-refractivity contribution < 1.29 is 4.42 Å². The summed E-state index contributed by atoms with van der Waals surface area (Å²) in [6.07, 6.45) is 1.49. The third-order valence-electron chi connectivity index (χ3n) is 3.88. The van der Waals surface area contributed by atoms with Gasteiger partial charge in [-0.15, -0.1) is 0 Å². The number of benzene rings is 1. The van der Waals surface area contributed by atoms with Crippen LogP contribution in [0.15, 0.2) is 29.0 Å². The fourth-order valence-corrected chi connectivity index (χ4v) is 2.57. The van der Waals surface area contributed by atoms with Crippen molar-refractivity contribution in [1.82, 2.24) is 15.2 Å². The number of anilines is 1. The fraction of sp³-hybridized carbons (Fsp3) is 0.500. The molecule has 5 nitrogen and oxygen atoms in total. The van der Waals surface area contributed by atoms with Crippen molar-refractivity contribution in [2.45, 2.75) is 6.04 Å². The Morgan fingerprint density at radius 2 is 2.42 bits per heavy atom. The molecule has 1 aromatic heterocycles. The van der Waals surface area contributed by atoms with E-state index >= 15 is 0 Å². The van der Waals surface area contributed by atoms with Gasteiger partial charge in [0.15, 0.2) is 12.0 Å². The first-order valence-electron chi connectivity index (χ1n) is 6.69. The number of hydrogen-bond acceptors (Lipinski definition) is 5. The van der Waals surface area contributed by atoms with E-state index in [0.29, 0.717) is 6.04 Å². The molecule has 1 N–H and O–H groups in total. The molecule has 1 atom stereocenters. The number of nitrogens with one attached hydrogen (secondary N) is 1. The first-order chi connectivity index (χ1) is 9.24. The van der Waals surface area contributed by atoms with Crippen molar-refractivity contribution in [2.24, 2.45) is 0 Å². The van der Waals surface area contributed by atoms with Crippen molar-refractivity contribution >= 4 is 16.8 Å². The third-order valence-corrected chi connectivity index (χ3v) is 3.88. The molecule has 0 spiro atoms. The molecule has 1 aromatic carbocycles. The Bertz CT molecular complexity index is 553. The first-order valence-corrected chi connectivity index (χ1v) is 6.69. The van der Waals surface area contributed by atoms with E-state index in [1.165, 1.54) is 12.1 Å². The number of rotatable bonds is 3. The number of hydrogen-bond donors (Lipinski definition) is 1. The molecule has 1 aliphatic rings. The van der Waals surface area contributed by atoms with Crippen LogP contribution in [-0.2, 0) is 0 Å². The molecule has 0 aliphatic carbocycles. The Morgan fingerprint density at radius 1 is 1.53 bits per heavy atom. The maximum atomic E-state index is 5.36. The molecule has 0 amide bonds. The summed E-state index contributed by atoms with van der Waals surface area (Å²) in [5.41, 5.74) is 2.93. The van der Waals surface area contributed by atoms with Gasteiger partial charge in [0.05, 0.1) is 0 Å². The second-order valence-electron chi connectivity index (χ2n) is 5.22. The molecule has 2 heterocycles. The van der Waals surface area contributed by atoms with Crippen molar-refractivity contribution in [3.8, 4) is 0 Å². The highest BCUT2D eigenvalue weighted by Crippen LogP contribution is 2.21. The van der Waals surface area contributed by atoms with Gasteiger partial charge in [-0.25, -0.2) is 4.98 Å². The standard InChI is InChI=1S/C14H20N4O/c1-17-6-5-15-8-12(17)9-18(2)11-3-4-13-14(7-11)19-10-16-13/h3-4,7,10,12,15H,5-6,8-9H2,1-2H3. The van der Waals surface area contributed by atoms with Crippen LogP contribution in [0.4, 0.5) is 5.69 Å². The molecule has 0 radical (unpaired) electrons. The minimum atomic E-state index is 0.546. The van der Waals surface area contributed by atoms with Crippen LogP contribution in [0, 0.1) is 0 Å². The first kappa shape index (κ1) is 12.4. The number of aromatic nitrogens is 1. The number of fused-ring (bicyclic) bond motifs is 1. The normalized spacial score (nSPS) is 20.8. The molecule has 1 saturated heterocycles. The predicted molar refractivity (Wildman–Crippen MR) is 76.6 cm³/mol. The molecule has 5 heteroatoms. The van der Waals surface area contributed by atoms with Crippen LogP contribution in [0.1, 0.15) is 0 Å². The van der Waals surface area contributed by atoms with Gasteiger partial charge in [0.2, 0.25) is 0 Å². The average molecular weight is 260 g/mol. The molecular weight excluding hydrogens is 240 g/mol. The van der Waals surface area contributed by atoms with E-state index in [-0.39, 0.29) is 0 Å². The van der Waals surface area contributed by atoms with Crippen molar-refractivity contribution in [1.29, 1.82) is 0 Å². The maximum absolute atomic E-state index is 5.36. The molecule has 3 rings (SSSR count). The Balaban J connectivity index is 1.73. The van der Waals surface area contributed by atoms with E-state index in [1.54, 1.807) is 0 Å². The molecule has 0 saturated carbocycles. The van der Waals surface area contributed by atoms with Gasteiger partial charge in [0, 0.05) is 51.0 Å². The summed E-state index contributed by atoms with van der Waals surface area (Å²) in [5, 5.41) is 3.45. The molecule has 1 aliphatic heterocycles. The zero-order valence-corrected chi connectivity index (χ0v) is 11.5. The lowest BCUT2D eigenvalue weighted by atomic mass is 10.2. The van der Waals surface area contributed by atoms with Gasteiger partial charge < -0.3 is 14.6 Å². The van der Waals surface area contributed by atoms with Crippen LogP contribution in [0.3, 0.4) is 0 Å². The summed E-state index contributed by atoms with van der Waals surface area (Å²) < 4.78 is 5.36. The van der Waals surface area contributed by atoms with E-state index in [4.69, 9.17) is 4.42 Å². The van der Waals surface area contributed by atoms with Gasteiger partial charge in [-0.1, -0.05) is 0 Å². The lowest BCUT2D eigenvalue weighted by Gasteiger charge is -2.36. The fourth-order valence-electron chi connectivity index (χ4n) is 2.57. The summed E-state index contributed by atoms with van der Waals surface area (Å²) in [5.74, 6) is 0. The van der Waals surface area contributed by atoms with Gasteiger partial charge in [-0.3, -0.25) is 4.90 Å². The monoisotopic (exact) mass is 260 g/mol. The summed E-state index contributed by atoms with van der Waals surface area (Å²) in [7, 11) is 4.32. The largest absolute Gasteiger partial charge is 0.443 e. The van der Waals surface area contributed by atoms with E-state index in [9.17, 15) is 0 Å². The third kappa shape index (κ3) is 2.57. The van der Waals surface area contributed by atoms with E-state index < -0.39 is 0 Å². The Kier molecular flexibility index (Phi) is 3.40. The molecule has 2 aromatic rings. The topological polar surface area (TPSA) is 44.5 Å². The van der Waals surface area contributed by atoms with Crippen LogP contribution in [0.5, 0.6) is 0 Å². The molecule has 1 fully saturated rings. The molecule has 19 heavy (non-hydrogen) atoms. The van der Waals surface area contributed by atoms with Crippen molar-refractivity contribution in [2.75, 3.05) is 45.2 Å². The van der Waals surface area contributed by atoms with E-state index in [1.807, 2.05) is 6.07 Å². The summed E-state index contributed by atoms with van der Waals surface area (Å²) in [6, 6.07) is 6.71. The van der Waals surface area contributed by atoms with Gasteiger partial charge in [0.1, 0.15) is 5.52 Å². The number of nitrogens with zero attached hydrogens (tertiary/aromatic N) is 3. The van der Waals surface area contributed by atoms with Gasteiger partial charge >= 0.3 is 0 Å². The van der Waals surface area contributed by atoms with Gasteiger partial charge in [-0.2, -0.15) is 0 Å². The summed E-state index contributed by atoms with van der Waals surface area (Å²) in [4.78, 5) is 8.83. The lowest BCUT2D eigenvalue weighted by molar-refractivity contribution is 0.204. The summed E-state index contributed by atoms with van der Waals surface area (Å²) in [6.45, 7) is 4.24. The number of oxazole rings is 1. The molecule has 102 valence electrons. The second-order valence-corrected chi connectivity index (χ2v) is 5.22. The van der Waals surface area contributed by atoms with E-state index in [0.717, 1.165) is 37.3 Å². The van der Waals surface area contributed by atoms with Gasteiger partial charge in [0.25, 0.3) is 0 Å². The predicted octanol–water partition coefficient (Wildman–Crippen LogP) is 1.17. The highest BCUT2D eigenvalue weighted by molar-refractivity contribution is 5.77. The van der Waals surface area contributed by atoms with Crippen LogP contribution in [0.25, 0.3) is 11.1 Å². The van der Waals surface area contributed by atoms with Crippen LogP contribution >= 0.6 is 0 Å². The minimum Gasteiger partial charge on any atom is -0.443 e. The molecule has 0 bridgehead atoms. The van der Waals surface area contributed by atoms with Crippen LogP contribution in [-0.4, -0.2) is 56.2 Å². The minimum absolute atomic E-state index is 0.546. The summed E-state index contributed by atoms with van der Waals surface area (Å²) >= 11 is 0. The SMILES string of the molecule is CN(CC1CNCCN1C)c1ccc2ncoc2c1. The van der Waals surface area contributed by atoms with Crippen LogP contribution < -0.4 is 10.2 Å². The average Bonchev–Trinajstić information content (AvgIpc) is 2.88. The molecular formula is C14H20N4O. The van der Waals surface area contributed by atoms with Crippen molar-refractivity contribution in [3.05, 3.63) is 24.6 Å². The Morgan fingerprint density at radius 3 is 3.26 bits per heavy atom. The number of piperazine rings is 1. The van der Waals surface area contributed by atoms with Crippen molar-refractivity contribution in [3.63, 3.8) is 0 Å². The second kappa shape index (κ2) is 5.19. The zero-order valence-electron chi connectivity index (χ0n) is 11.5. The Labute approximate surface area is 113 Å². The maximum Gasteiger partial charge on any atom is 0.181 e. The zero-order chi connectivity index (χ0) is 13.2. The molecule has 1 unspecified atom stereocenters. The number of likely N-dealkylation sites (N-methyl/N-ethyl adjacent to an activating group) is 2. The van der Waals surface area contributed by atoms with Gasteiger partial charge in [-0.05, 0) is 19.2 Å².